The lowest BCUT2D eigenvalue weighted by molar-refractivity contribution is 0.0255. The Morgan fingerprint density at radius 3 is 3.10 bits per heavy atom. The number of nitrogens with one attached hydrogen (secondary N) is 1. The summed E-state index contributed by atoms with van der Waals surface area (Å²) in [5.41, 5.74) is 3.76. The van der Waals surface area contributed by atoms with Crippen LogP contribution in [0.2, 0.25) is 0 Å². The summed E-state index contributed by atoms with van der Waals surface area (Å²) in [6, 6.07) is 3.29. The van der Waals surface area contributed by atoms with E-state index in [9.17, 15) is 0 Å². The van der Waals surface area contributed by atoms with Gasteiger partial charge in [0, 0.05) is 42.3 Å². The second-order valence-electron chi connectivity index (χ2n) is 6.59. The number of aryl methyl sites for hydroxylation is 1. The minimum atomic E-state index is 0.429. The van der Waals surface area contributed by atoms with Crippen molar-refractivity contribution in [2.75, 3.05) is 18.1 Å². The minimum absolute atomic E-state index is 0.429. The molecule has 1 aromatic rings. The SMILES string of the molecule is Cc1cc(N2CCOC3CCCC32)c(CNC(C)C)cn1. The summed E-state index contributed by atoms with van der Waals surface area (Å²) in [5, 5.41) is 3.52. The summed E-state index contributed by atoms with van der Waals surface area (Å²) in [6.07, 6.45) is 6.22. The fourth-order valence-corrected chi connectivity index (χ4v) is 3.52. The molecule has 1 N–H and O–H groups in total. The predicted octanol–water partition coefficient (Wildman–Crippen LogP) is 2.65. The Labute approximate surface area is 127 Å². The average Bonchev–Trinajstić information content (AvgIpc) is 2.94. The highest BCUT2D eigenvalue weighted by Gasteiger charge is 2.36. The molecule has 1 aromatic heterocycles. The molecule has 116 valence electrons. The molecule has 4 heteroatoms. The van der Waals surface area contributed by atoms with Crippen molar-refractivity contribution in [2.45, 2.75) is 64.8 Å². The Kier molecular flexibility index (Phi) is 4.45. The van der Waals surface area contributed by atoms with Crippen LogP contribution >= 0.6 is 0 Å². The van der Waals surface area contributed by atoms with Crippen molar-refractivity contribution >= 4 is 5.69 Å². The summed E-state index contributed by atoms with van der Waals surface area (Å²) in [7, 11) is 0. The number of fused-ring (bicyclic) bond motifs is 1. The zero-order chi connectivity index (χ0) is 14.8. The molecule has 21 heavy (non-hydrogen) atoms. The zero-order valence-electron chi connectivity index (χ0n) is 13.4. The fourth-order valence-electron chi connectivity index (χ4n) is 3.52. The maximum absolute atomic E-state index is 5.95. The Morgan fingerprint density at radius 1 is 1.43 bits per heavy atom. The Balaban J connectivity index is 1.86. The molecule has 0 radical (unpaired) electrons. The topological polar surface area (TPSA) is 37.4 Å². The van der Waals surface area contributed by atoms with Gasteiger partial charge in [0.15, 0.2) is 0 Å². The van der Waals surface area contributed by atoms with Gasteiger partial charge in [-0.05, 0) is 32.3 Å². The van der Waals surface area contributed by atoms with Crippen molar-refractivity contribution in [2.24, 2.45) is 0 Å². The van der Waals surface area contributed by atoms with Gasteiger partial charge in [-0.15, -0.1) is 0 Å². The van der Waals surface area contributed by atoms with E-state index in [4.69, 9.17) is 4.74 Å². The van der Waals surface area contributed by atoms with Gasteiger partial charge in [0.2, 0.25) is 0 Å². The molecule has 0 amide bonds. The normalized spacial score (nSPS) is 25.4. The van der Waals surface area contributed by atoms with E-state index in [1.165, 1.54) is 30.5 Å². The number of pyridine rings is 1. The highest BCUT2D eigenvalue weighted by atomic mass is 16.5. The lowest BCUT2D eigenvalue weighted by atomic mass is 10.1. The molecule has 1 aliphatic carbocycles. The number of morpholine rings is 1. The van der Waals surface area contributed by atoms with Crippen LogP contribution in [0.5, 0.6) is 0 Å². The van der Waals surface area contributed by atoms with E-state index in [1.807, 2.05) is 6.20 Å². The van der Waals surface area contributed by atoms with Crippen LogP contribution in [0.4, 0.5) is 5.69 Å². The summed E-state index contributed by atoms with van der Waals surface area (Å²) in [6.45, 7) is 9.18. The number of hydrogen-bond acceptors (Lipinski definition) is 4. The second kappa shape index (κ2) is 6.32. The van der Waals surface area contributed by atoms with Crippen LogP contribution in [-0.4, -0.2) is 36.3 Å². The molecule has 2 aliphatic rings. The van der Waals surface area contributed by atoms with Gasteiger partial charge >= 0.3 is 0 Å². The van der Waals surface area contributed by atoms with E-state index >= 15 is 0 Å². The van der Waals surface area contributed by atoms with Gasteiger partial charge in [0.05, 0.1) is 18.8 Å². The van der Waals surface area contributed by atoms with Gasteiger partial charge in [0.1, 0.15) is 0 Å². The smallest absolute Gasteiger partial charge is 0.0779 e. The first kappa shape index (κ1) is 14.8. The lowest BCUT2D eigenvalue weighted by Gasteiger charge is -2.40. The molecular weight excluding hydrogens is 262 g/mol. The summed E-state index contributed by atoms with van der Waals surface area (Å²) < 4.78 is 5.95. The van der Waals surface area contributed by atoms with Gasteiger partial charge in [-0.3, -0.25) is 4.98 Å². The third-order valence-electron chi connectivity index (χ3n) is 4.59. The van der Waals surface area contributed by atoms with Crippen molar-refractivity contribution in [1.29, 1.82) is 0 Å². The zero-order valence-corrected chi connectivity index (χ0v) is 13.4. The van der Waals surface area contributed by atoms with E-state index in [-0.39, 0.29) is 0 Å². The summed E-state index contributed by atoms with van der Waals surface area (Å²) in [4.78, 5) is 7.08. The van der Waals surface area contributed by atoms with Crippen LogP contribution < -0.4 is 10.2 Å². The fraction of sp³-hybridized carbons (Fsp3) is 0.706. The molecule has 4 nitrogen and oxygen atoms in total. The van der Waals surface area contributed by atoms with Gasteiger partial charge in [-0.2, -0.15) is 0 Å². The minimum Gasteiger partial charge on any atom is -0.374 e. The van der Waals surface area contributed by atoms with Crippen LogP contribution in [0.1, 0.15) is 44.4 Å². The van der Waals surface area contributed by atoms with Crippen LogP contribution in [-0.2, 0) is 11.3 Å². The van der Waals surface area contributed by atoms with Gasteiger partial charge in [0.25, 0.3) is 0 Å². The molecule has 1 saturated heterocycles. The molecule has 2 atom stereocenters. The van der Waals surface area contributed by atoms with Crippen LogP contribution in [0, 0.1) is 6.92 Å². The molecule has 2 heterocycles. The number of hydrogen-bond donors (Lipinski definition) is 1. The number of anilines is 1. The van der Waals surface area contributed by atoms with E-state index < -0.39 is 0 Å². The number of ether oxygens (including phenoxy) is 1. The second-order valence-corrected chi connectivity index (χ2v) is 6.59. The standard InChI is InChI=1S/C17H27N3O/c1-12(2)18-10-14-11-19-13(3)9-16(14)20-7-8-21-17-6-4-5-15(17)20/h9,11-12,15,17-18H,4-8,10H2,1-3H3. The molecule has 0 spiro atoms. The predicted molar refractivity (Wildman–Crippen MR) is 85.7 cm³/mol. The number of aromatic nitrogens is 1. The van der Waals surface area contributed by atoms with Crippen LogP contribution in [0.25, 0.3) is 0 Å². The van der Waals surface area contributed by atoms with Gasteiger partial charge < -0.3 is 15.0 Å². The Hall–Kier alpha value is -1.13. The third kappa shape index (κ3) is 3.22. The van der Waals surface area contributed by atoms with Crippen molar-refractivity contribution < 1.29 is 4.74 Å². The molecule has 3 rings (SSSR count). The molecule has 0 aromatic carbocycles. The van der Waals surface area contributed by atoms with Crippen molar-refractivity contribution in [3.8, 4) is 0 Å². The first-order chi connectivity index (χ1) is 10.1. The molecule has 0 bridgehead atoms. The number of rotatable bonds is 4. The van der Waals surface area contributed by atoms with E-state index in [1.54, 1.807) is 0 Å². The maximum atomic E-state index is 5.95. The average molecular weight is 289 g/mol. The van der Waals surface area contributed by atoms with Gasteiger partial charge in [-0.25, -0.2) is 0 Å². The maximum Gasteiger partial charge on any atom is 0.0779 e. The van der Waals surface area contributed by atoms with E-state index in [0.29, 0.717) is 18.2 Å². The van der Waals surface area contributed by atoms with Gasteiger partial charge in [-0.1, -0.05) is 13.8 Å². The van der Waals surface area contributed by atoms with Crippen LogP contribution in [0.15, 0.2) is 12.3 Å². The number of nitrogens with zero attached hydrogens (tertiary/aromatic N) is 2. The van der Waals surface area contributed by atoms with E-state index in [2.05, 4.69) is 42.0 Å². The molecule has 2 fully saturated rings. The monoisotopic (exact) mass is 289 g/mol. The van der Waals surface area contributed by atoms with Crippen molar-refractivity contribution in [3.63, 3.8) is 0 Å². The van der Waals surface area contributed by atoms with Crippen LogP contribution in [0.3, 0.4) is 0 Å². The van der Waals surface area contributed by atoms with E-state index in [0.717, 1.165) is 25.4 Å². The Morgan fingerprint density at radius 2 is 2.29 bits per heavy atom. The highest BCUT2D eigenvalue weighted by Crippen LogP contribution is 2.34. The molecular formula is C17H27N3O. The highest BCUT2D eigenvalue weighted by molar-refractivity contribution is 5.55. The quantitative estimate of drug-likeness (QED) is 0.924. The Bertz CT molecular complexity index is 489. The van der Waals surface area contributed by atoms with Crippen molar-refractivity contribution in [3.05, 3.63) is 23.5 Å². The van der Waals surface area contributed by atoms with Crippen molar-refractivity contribution in [1.82, 2.24) is 10.3 Å². The molecule has 1 aliphatic heterocycles. The third-order valence-corrected chi connectivity index (χ3v) is 4.59. The first-order valence-electron chi connectivity index (χ1n) is 8.22. The molecule has 2 unspecified atom stereocenters. The summed E-state index contributed by atoms with van der Waals surface area (Å²) >= 11 is 0. The first-order valence-corrected chi connectivity index (χ1v) is 8.22. The summed E-state index contributed by atoms with van der Waals surface area (Å²) in [5.74, 6) is 0. The molecule has 1 saturated carbocycles. The lowest BCUT2D eigenvalue weighted by Crippen LogP contribution is -2.49. The largest absolute Gasteiger partial charge is 0.374 e.